The molecule has 0 aliphatic carbocycles. The molecule has 0 bridgehead atoms. The molecule has 1 N–H and O–H groups in total. The van der Waals surface area contributed by atoms with Gasteiger partial charge in [0.05, 0.1) is 18.9 Å². The Morgan fingerprint density at radius 3 is 2.35 bits per heavy atom. The second-order valence-electron chi connectivity index (χ2n) is 4.78. The van der Waals surface area contributed by atoms with Gasteiger partial charge in [0.15, 0.2) is 11.3 Å². The number of methoxy groups -OCH3 is 1. The first-order valence-corrected chi connectivity index (χ1v) is 6.22. The van der Waals surface area contributed by atoms with Crippen LogP contribution in [-0.2, 0) is 11.2 Å². The number of aliphatic carboxylic acids is 1. The van der Waals surface area contributed by atoms with Gasteiger partial charge in [-0.1, -0.05) is 0 Å². The van der Waals surface area contributed by atoms with Crippen LogP contribution in [0.4, 0.5) is 0 Å². The van der Waals surface area contributed by atoms with Crippen LogP contribution in [0.2, 0.25) is 0 Å². The normalized spacial score (nSPS) is 11.3. The molecule has 104 valence electrons. The van der Waals surface area contributed by atoms with E-state index in [0.717, 1.165) is 10.8 Å². The van der Waals surface area contributed by atoms with Gasteiger partial charge >= 0.3 is 5.97 Å². The summed E-state index contributed by atoms with van der Waals surface area (Å²) in [5.41, 5.74) is 1.73. The second kappa shape index (κ2) is 4.30. The molecule has 3 rings (SSSR count). The Balaban J connectivity index is 2.50. The van der Waals surface area contributed by atoms with Crippen LogP contribution in [0.1, 0.15) is 17.1 Å². The van der Waals surface area contributed by atoms with Crippen molar-refractivity contribution in [3.05, 3.63) is 29.2 Å². The fourth-order valence-corrected chi connectivity index (χ4v) is 2.59. The molecular weight excluding hydrogens is 260 g/mol. The van der Waals surface area contributed by atoms with E-state index in [1.165, 1.54) is 0 Å². The van der Waals surface area contributed by atoms with Gasteiger partial charge in [-0.3, -0.25) is 4.79 Å². The highest BCUT2D eigenvalue weighted by Gasteiger charge is 2.22. The topological polar surface area (TPSA) is 72.8 Å². The molecule has 0 fully saturated rings. The summed E-state index contributed by atoms with van der Waals surface area (Å²) in [5.74, 6) is 1.07. The van der Waals surface area contributed by atoms with E-state index in [0.29, 0.717) is 34.0 Å². The first-order valence-electron chi connectivity index (χ1n) is 6.22. The Morgan fingerprint density at radius 2 is 1.75 bits per heavy atom. The Bertz CT molecular complexity index is 764. The third-order valence-electron chi connectivity index (χ3n) is 3.29. The lowest BCUT2D eigenvalue weighted by Crippen LogP contribution is -2.01. The fourth-order valence-electron chi connectivity index (χ4n) is 2.59. The van der Waals surface area contributed by atoms with Crippen LogP contribution in [-0.4, -0.2) is 18.2 Å². The number of hydrogen-bond acceptors (Lipinski definition) is 4. The number of carboxylic acid groups (broad SMARTS) is 1. The predicted molar refractivity (Wildman–Crippen MR) is 73.4 cm³/mol. The maximum atomic E-state index is 11.1. The van der Waals surface area contributed by atoms with Crippen molar-refractivity contribution in [3.63, 3.8) is 0 Å². The minimum absolute atomic E-state index is 0.122. The number of fused-ring (bicyclic) bond motifs is 2. The summed E-state index contributed by atoms with van der Waals surface area (Å²) in [6, 6.07) is 3.64. The van der Waals surface area contributed by atoms with E-state index in [1.807, 2.05) is 26.0 Å². The molecule has 0 amide bonds. The Hall–Kier alpha value is -2.43. The molecule has 5 nitrogen and oxygen atoms in total. The Kier molecular flexibility index (Phi) is 2.71. The van der Waals surface area contributed by atoms with Crippen molar-refractivity contribution >= 4 is 27.9 Å². The molecule has 5 heteroatoms. The molecule has 0 saturated heterocycles. The van der Waals surface area contributed by atoms with Gasteiger partial charge in [-0.15, -0.1) is 0 Å². The first kappa shape index (κ1) is 12.6. The Labute approximate surface area is 114 Å². The number of rotatable bonds is 3. The highest BCUT2D eigenvalue weighted by molar-refractivity contribution is 6.06. The zero-order chi connectivity index (χ0) is 14.4. The molecule has 20 heavy (non-hydrogen) atoms. The van der Waals surface area contributed by atoms with E-state index < -0.39 is 5.97 Å². The number of aryl methyl sites for hydroxylation is 2. The van der Waals surface area contributed by atoms with Crippen LogP contribution in [0.15, 0.2) is 21.0 Å². The molecule has 1 aromatic carbocycles. The van der Waals surface area contributed by atoms with Gasteiger partial charge in [-0.05, 0) is 26.0 Å². The second-order valence-corrected chi connectivity index (χ2v) is 4.78. The summed E-state index contributed by atoms with van der Waals surface area (Å²) >= 11 is 0. The minimum atomic E-state index is -0.911. The molecule has 3 aromatic rings. The summed E-state index contributed by atoms with van der Waals surface area (Å²) in [7, 11) is 1.56. The van der Waals surface area contributed by atoms with E-state index in [9.17, 15) is 4.79 Å². The SMILES string of the molecule is COc1c2cc(C)oc2c(CC(=O)O)c2cc(C)oc12. The number of hydrogen-bond donors (Lipinski definition) is 1. The lowest BCUT2D eigenvalue weighted by atomic mass is 10.0. The van der Waals surface area contributed by atoms with Crippen LogP contribution < -0.4 is 4.74 Å². The van der Waals surface area contributed by atoms with Crippen molar-refractivity contribution in [1.82, 2.24) is 0 Å². The number of benzene rings is 1. The molecule has 0 unspecified atom stereocenters. The van der Waals surface area contributed by atoms with Crippen molar-refractivity contribution in [2.24, 2.45) is 0 Å². The minimum Gasteiger partial charge on any atom is -0.492 e. The smallest absolute Gasteiger partial charge is 0.307 e. The van der Waals surface area contributed by atoms with Crippen molar-refractivity contribution < 1.29 is 23.5 Å². The van der Waals surface area contributed by atoms with Gasteiger partial charge in [-0.25, -0.2) is 0 Å². The van der Waals surface area contributed by atoms with Gasteiger partial charge in [0.2, 0.25) is 0 Å². The van der Waals surface area contributed by atoms with E-state index in [-0.39, 0.29) is 6.42 Å². The molecular formula is C15H14O5. The number of carboxylic acids is 1. The number of ether oxygens (including phenoxy) is 1. The number of carbonyl (C=O) groups is 1. The quantitative estimate of drug-likeness (QED) is 0.792. The summed E-state index contributed by atoms with van der Waals surface area (Å²) in [4.78, 5) is 11.1. The summed E-state index contributed by atoms with van der Waals surface area (Å²) in [6.07, 6.45) is -0.122. The molecule has 0 aliphatic heterocycles. The zero-order valence-electron chi connectivity index (χ0n) is 11.4. The van der Waals surface area contributed by atoms with Crippen LogP contribution in [0.5, 0.6) is 5.75 Å². The summed E-state index contributed by atoms with van der Waals surface area (Å²) in [5, 5.41) is 10.6. The van der Waals surface area contributed by atoms with Crippen molar-refractivity contribution in [1.29, 1.82) is 0 Å². The van der Waals surface area contributed by atoms with Crippen LogP contribution >= 0.6 is 0 Å². The van der Waals surface area contributed by atoms with E-state index in [4.69, 9.17) is 18.7 Å². The molecule has 0 saturated carbocycles. The standard InChI is InChI=1S/C15H14O5/c1-7-4-9-10(6-12(16)17)13-11(5-8(2)19-13)14(18-3)15(9)20-7/h4-5H,6H2,1-3H3,(H,16,17). The summed E-state index contributed by atoms with van der Waals surface area (Å²) < 4.78 is 16.8. The Morgan fingerprint density at radius 1 is 1.15 bits per heavy atom. The van der Waals surface area contributed by atoms with Gasteiger partial charge in [-0.2, -0.15) is 0 Å². The number of furan rings is 2. The molecule has 0 atom stereocenters. The van der Waals surface area contributed by atoms with E-state index in [2.05, 4.69) is 0 Å². The molecule has 2 aromatic heterocycles. The molecule has 0 radical (unpaired) electrons. The third-order valence-corrected chi connectivity index (χ3v) is 3.29. The average Bonchev–Trinajstić information content (AvgIpc) is 2.91. The predicted octanol–water partition coefficient (Wildman–Crippen LogP) is 3.43. The maximum Gasteiger partial charge on any atom is 0.307 e. The van der Waals surface area contributed by atoms with Crippen LogP contribution in [0, 0.1) is 13.8 Å². The van der Waals surface area contributed by atoms with Gasteiger partial charge in [0.1, 0.15) is 17.1 Å². The molecule has 0 spiro atoms. The summed E-state index contributed by atoms with van der Waals surface area (Å²) in [6.45, 7) is 3.63. The van der Waals surface area contributed by atoms with E-state index >= 15 is 0 Å². The first-order chi connectivity index (χ1) is 9.51. The monoisotopic (exact) mass is 274 g/mol. The van der Waals surface area contributed by atoms with Crippen molar-refractivity contribution in [3.8, 4) is 5.75 Å². The van der Waals surface area contributed by atoms with Gasteiger partial charge in [0, 0.05) is 10.9 Å². The average molecular weight is 274 g/mol. The van der Waals surface area contributed by atoms with Gasteiger partial charge in [0.25, 0.3) is 0 Å². The highest BCUT2D eigenvalue weighted by atomic mass is 16.5. The zero-order valence-corrected chi connectivity index (χ0v) is 11.4. The lowest BCUT2D eigenvalue weighted by Gasteiger charge is -2.06. The molecule has 2 heterocycles. The van der Waals surface area contributed by atoms with Gasteiger partial charge < -0.3 is 18.7 Å². The third kappa shape index (κ3) is 1.74. The largest absolute Gasteiger partial charge is 0.492 e. The fraction of sp³-hybridized carbons (Fsp3) is 0.267. The van der Waals surface area contributed by atoms with Crippen molar-refractivity contribution in [2.45, 2.75) is 20.3 Å². The lowest BCUT2D eigenvalue weighted by molar-refractivity contribution is -0.136. The maximum absolute atomic E-state index is 11.1. The molecule has 0 aliphatic rings. The van der Waals surface area contributed by atoms with Crippen molar-refractivity contribution in [2.75, 3.05) is 7.11 Å². The van der Waals surface area contributed by atoms with Crippen LogP contribution in [0.25, 0.3) is 21.9 Å². The highest BCUT2D eigenvalue weighted by Crippen LogP contribution is 2.41. The van der Waals surface area contributed by atoms with E-state index in [1.54, 1.807) is 7.11 Å². The van der Waals surface area contributed by atoms with Crippen LogP contribution in [0.3, 0.4) is 0 Å².